The van der Waals surface area contributed by atoms with Crippen LogP contribution in [0.1, 0.15) is 11.5 Å². The fourth-order valence-electron chi connectivity index (χ4n) is 1.98. The van der Waals surface area contributed by atoms with Crippen molar-refractivity contribution in [1.29, 1.82) is 0 Å². The fourth-order valence-corrected chi connectivity index (χ4v) is 1.98. The van der Waals surface area contributed by atoms with Crippen molar-refractivity contribution < 1.29 is 9.53 Å². The van der Waals surface area contributed by atoms with E-state index in [0.717, 1.165) is 5.56 Å². The summed E-state index contributed by atoms with van der Waals surface area (Å²) in [5.74, 6) is -0.428. The van der Waals surface area contributed by atoms with E-state index in [2.05, 4.69) is 10.9 Å². The zero-order chi connectivity index (χ0) is 11.5. The molecule has 1 heterocycles. The molecule has 0 amide bonds. The summed E-state index contributed by atoms with van der Waals surface area (Å²) in [6, 6.07) is 9.24. The Morgan fingerprint density at radius 1 is 1.31 bits per heavy atom. The monoisotopic (exact) mass is 221 g/mol. The quantitative estimate of drug-likeness (QED) is 0.598. The van der Waals surface area contributed by atoms with E-state index in [4.69, 9.17) is 10.5 Å². The highest BCUT2D eigenvalue weighted by molar-refractivity contribution is 5.77. The van der Waals surface area contributed by atoms with Gasteiger partial charge in [-0.2, -0.15) is 0 Å². The second-order valence-corrected chi connectivity index (χ2v) is 3.75. The summed E-state index contributed by atoms with van der Waals surface area (Å²) in [5, 5.41) is 0. The number of hydrogen-bond donors (Lipinski definition) is 3. The number of methoxy groups -OCH3 is 1. The van der Waals surface area contributed by atoms with Crippen molar-refractivity contribution in [2.45, 2.75) is 18.1 Å². The van der Waals surface area contributed by atoms with Crippen molar-refractivity contribution in [3.8, 4) is 0 Å². The van der Waals surface area contributed by atoms with E-state index in [1.54, 1.807) is 0 Å². The zero-order valence-corrected chi connectivity index (χ0v) is 9.01. The number of nitrogens with two attached hydrogens (primary N) is 1. The maximum atomic E-state index is 11.6. The maximum Gasteiger partial charge on any atom is 0.324 e. The number of benzene rings is 1. The average Bonchev–Trinajstić information content (AvgIpc) is 2.71. The molecule has 0 radical (unpaired) electrons. The number of ether oxygens (including phenoxy) is 1. The summed E-state index contributed by atoms with van der Waals surface area (Å²) in [6.07, 6.45) is -0.300. The smallest absolute Gasteiger partial charge is 0.324 e. The number of esters is 1. The Kier molecular flexibility index (Phi) is 3.19. The molecule has 3 atom stereocenters. The molecule has 0 spiro atoms. The topological polar surface area (TPSA) is 76.4 Å². The van der Waals surface area contributed by atoms with Crippen LogP contribution in [0.25, 0.3) is 0 Å². The molecule has 5 heteroatoms. The van der Waals surface area contributed by atoms with E-state index < -0.39 is 6.04 Å². The van der Waals surface area contributed by atoms with Gasteiger partial charge in [0.25, 0.3) is 0 Å². The Labute approximate surface area is 93.9 Å². The molecule has 1 saturated heterocycles. The van der Waals surface area contributed by atoms with Gasteiger partial charge in [-0.25, -0.2) is 10.9 Å². The van der Waals surface area contributed by atoms with Crippen molar-refractivity contribution in [3.63, 3.8) is 0 Å². The van der Waals surface area contributed by atoms with E-state index in [9.17, 15) is 4.79 Å². The standard InChI is InChI=1S/C11H15N3O2/c1-16-11(15)9-8(10(12)14-13-9)7-5-3-2-4-6-7/h2-6,8-10,13-14H,12H2,1H3. The number of hydrazine groups is 1. The molecule has 86 valence electrons. The molecule has 16 heavy (non-hydrogen) atoms. The Morgan fingerprint density at radius 2 is 2.00 bits per heavy atom. The summed E-state index contributed by atoms with van der Waals surface area (Å²) in [4.78, 5) is 11.6. The maximum absolute atomic E-state index is 11.6. The first-order chi connectivity index (χ1) is 7.74. The number of hydrogen-bond acceptors (Lipinski definition) is 5. The summed E-state index contributed by atoms with van der Waals surface area (Å²) < 4.78 is 4.74. The second kappa shape index (κ2) is 4.61. The van der Waals surface area contributed by atoms with Gasteiger partial charge in [0, 0.05) is 5.92 Å². The van der Waals surface area contributed by atoms with Crippen LogP contribution < -0.4 is 16.6 Å². The molecule has 0 aromatic heterocycles. The van der Waals surface area contributed by atoms with E-state index in [0.29, 0.717) is 0 Å². The highest BCUT2D eigenvalue weighted by Crippen LogP contribution is 2.25. The molecule has 1 aliphatic heterocycles. The van der Waals surface area contributed by atoms with Gasteiger partial charge in [0.15, 0.2) is 0 Å². The first-order valence-corrected chi connectivity index (χ1v) is 5.13. The minimum absolute atomic E-state index is 0.117. The van der Waals surface area contributed by atoms with Crippen LogP contribution in [0.5, 0.6) is 0 Å². The molecule has 1 aromatic rings. The van der Waals surface area contributed by atoms with Gasteiger partial charge in [0.2, 0.25) is 0 Å². The van der Waals surface area contributed by atoms with Gasteiger partial charge in [-0.1, -0.05) is 30.3 Å². The molecular formula is C11H15N3O2. The van der Waals surface area contributed by atoms with Crippen molar-refractivity contribution in [2.75, 3.05) is 7.11 Å². The lowest BCUT2D eigenvalue weighted by Crippen LogP contribution is -2.39. The molecule has 0 aliphatic carbocycles. The predicted octanol–water partition coefficient (Wildman–Crippen LogP) is -0.296. The molecule has 0 bridgehead atoms. The van der Waals surface area contributed by atoms with Crippen molar-refractivity contribution >= 4 is 5.97 Å². The molecule has 0 saturated carbocycles. The van der Waals surface area contributed by atoms with Crippen LogP contribution >= 0.6 is 0 Å². The highest BCUT2D eigenvalue weighted by Gasteiger charge is 2.39. The minimum Gasteiger partial charge on any atom is -0.468 e. The Morgan fingerprint density at radius 3 is 2.62 bits per heavy atom. The normalized spacial score (nSPS) is 29.0. The predicted molar refractivity (Wildman–Crippen MR) is 59.2 cm³/mol. The van der Waals surface area contributed by atoms with Crippen molar-refractivity contribution in [3.05, 3.63) is 35.9 Å². The van der Waals surface area contributed by atoms with Gasteiger partial charge in [-0.05, 0) is 5.56 Å². The molecule has 5 nitrogen and oxygen atoms in total. The van der Waals surface area contributed by atoms with Gasteiger partial charge in [-0.3, -0.25) is 4.79 Å². The lowest BCUT2D eigenvalue weighted by atomic mass is 9.91. The van der Waals surface area contributed by atoms with Crippen LogP contribution in [0.4, 0.5) is 0 Å². The molecule has 3 unspecified atom stereocenters. The number of nitrogens with one attached hydrogen (secondary N) is 2. The molecule has 1 fully saturated rings. The lowest BCUT2D eigenvalue weighted by Gasteiger charge is -2.19. The Bertz CT molecular complexity index is 369. The van der Waals surface area contributed by atoms with E-state index in [1.165, 1.54) is 7.11 Å². The molecule has 1 aromatic carbocycles. The molecule has 2 rings (SSSR count). The van der Waals surface area contributed by atoms with Crippen molar-refractivity contribution in [1.82, 2.24) is 10.9 Å². The SMILES string of the molecule is COC(=O)C1NNC(N)C1c1ccccc1. The fraction of sp³-hybridized carbons (Fsp3) is 0.364. The van der Waals surface area contributed by atoms with Crippen LogP contribution in [0.15, 0.2) is 30.3 Å². The van der Waals surface area contributed by atoms with E-state index >= 15 is 0 Å². The molecular weight excluding hydrogens is 206 g/mol. The third-order valence-corrected chi connectivity index (χ3v) is 2.79. The van der Waals surface area contributed by atoms with Gasteiger partial charge in [0.05, 0.1) is 13.3 Å². The van der Waals surface area contributed by atoms with Crippen LogP contribution in [-0.2, 0) is 9.53 Å². The average molecular weight is 221 g/mol. The van der Waals surface area contributed by atoms with Gasteiger partial charge >= 0.3 is 5.97 Å². The number of rotatable bonds is 2. The zero-order valence-electron chi connectivity index (χ0n) is 9.01. The number of carbonyl (C=O) groups excluding carboxylic acids is 1. The van der Waals surface area contributed by atoms with Crippen LogP contribution in [0.3, 0.4) is 0 Å². The van der Waals surface area contributed by atoms with Gasteiger partial charge < -0.3 is 10.5 Å². The Hall–Kier alpha value is -1.43. The summed E-state index contributed by atoms with van der Waals surface area (Å²) >= 11 is 0. The third-order valence-electron chi connectivity index (χ3n) is 2.79. The first-order valence-electron chi connectivity index (χ1n) is 5.13. The molecule has 4 N–H and O–H groups in total. The highest BCUT2D eigenvalue weighted by atomic mass is 16.5. The largest absolute Gasteiger partial charge is 0.468 e. The lowest BCUT2D eigenvalue weighted by molar-refractivity contribution is -0.143. The third kappa shape index (κ3) is 1.92. The first kappa shape index (κ1) is 11.1. The summed E-state index contributed by atoms with van der Waals surface area (Å²) in [6.45, 7) is 0. The minimum atomic E-state index is -0.442. The molecule has 1 aliphatic rings. The number of carbonyl (C=O) groups is 1. The van der Waals surface area contributed by atoms with E-state index in [1.807, 2.05) is 30.3 Å². The van der Waals surface area contributed by atoms with E-state index in [-0.39, 0.29) is 18.1 Å². The van der Waals surface area contributed by atoms with Gasteiger partial charge in [0.1, 0.15) is 6.04 Å². The Balaban J connectivity index is 2.26. The summed E-state index contributed by atoms with van der Waals surface area (Å²) in [7, 11) is 1.37. The van der Waals surface area contributed by atoms with Crippen molar-refractivity contribution in [2.24, 2.45) is 5.73 Å². The second-order valence-electron chi connectivity index (χ2n) is 3.75. The van der Waals surface area contributed by atoms with Crippen LogP contribution in [0.2, 0.25) is 0 Å². The van der Waals surface area contributed by atoms with Gasteiger partial charge in [-0.15, -0.1) is 0 Å². The van der Waals surface area contributed by atoms with Crippen LogP contribution in [0, 0.1) is 0 Å². The van der Waals surface area contributed by atoms with Crippen LogP contribution in [-0.4, -0.2) is 25.3 Å². The summed E-state index contributed by atoms with van der Waals surface area (Å²) in [5.41, 5.74) is 12.6.